The van der Waals surface area contributed by atoms with E-state index in [-0.39, 0.29) is 6.42 Å². The van der Waals surface area contributed by atoms with Crippen molar-refractivity contribution < 1.29 is 9.90 Å². The number of nitrogens with zero attached hydrogens (tertiary/aromatic N) is 1. The molecule has 0 aliphatic rings. The number of carbonyl (C=O) groups is 1. The summed E-state index contributed by atoms with van der Waals surface area (Å²) in [6, 6.07) is 9.63. The van der Waals surface area contributed by atoms with Crippen LogP contribution in [0.3, 0.4) is 0 Å². The first kappa shape index (κ1) is 11.5. The minimum Gasteiger partial charge on any atom is -0.480 e. The van der Waals surface area contributed by atoms with Crippen LogP contribution in [0.15, 0.2) is 36.5 Å². The van der Waals surface area contributed by atoms with Gasteiger partial charge in [-0.05, 0) is 24.6 Å². The molecule has 2 aromatic rings. The molecule has 0 amide bonds. The maximum Gasteiger partial charge on any atom is 0.323 e. The molecule has 0 saturated carbocycles. The average molecular weight is 230 g/mol. The third kappa shape index (κ3) is 2.42. The summed E-state index contributed by atoms with van der Waals surface area (Å²) in [7, 11) is 0. The molecule has 0 radical (unpaired) electrons. The predicted octanol–water partition coefficient (Wildman–Crippen LogP) is 1.58. The Morgan fingerprint density at radius 3 is 2.88 bits per heavy atom. The van der Waals surface area contributed by atoms with E-state index in [0.717, 1.165) is 16.5 Å². The maximum absolute atomic E-state index is 10.9. The molecule has 3 N–H and O–H groups in total. The lowest BCUT2D eigenvalue weighted by molar-refractivity contribution is -0.142. The summed E-state index contributed by atoms with van der Waals surface area (Å²) < 4.78 is 0. The molecule has 88 valence electrons. The zero-order chi connectivity index (χ0) is 12.5. The van der Waals surface area contributed by atoms with Crippen LogP contribution in [0.2, 0.25) is 0 Å². The quantitative estimate of drug-likeness (QED) is 0.839. The molecular weight excluding hydrogens is 216 g/mol. The molecule has 0 saturated heterocycles. The molecule has 0 aliphatic heterocycles. The summed E-state index contributed by atoms with van der Waals surface area (Å²) in [4.78, 5) is 15.2. The van der Waals surface area contributed by atoms with Crippen molar-refractivity contribution in [2.75, 3.05) is 0 Å². The normalized spacial score (nSPS) is 14.5. The number of para-hydroxylation sites is 1. The molecule has 0 unspecified atom stereocenters. The van der Waals surface area contributed by atoms with Gasteiger partial charge in [0.05, 0.1) is 5.52 Å². The first-order valence-corrected chi connectivity index (χ1v) is 5.35. The highest BCUT2D eigenvalue weighted by Gasteiger charge is 2.28. The van der Waals surface area contributed by atoms with Crippen molar-refractivity contribution in [3.8, 4) is 0 Å². The highest BCUT2D eigenvalue weighted by atomic mass is 16.4. The van der Waals surface area contributed by atoms with E-state index in [1.54, 1.807) is 6.20 Å². The third-order valence-electron chi connectivity index (χ3n) is 2.71. The molecule has 1 aromatic carbocycles. The van der Waals surface area contributed by atoms with Crippen LogP contribution in [0.25, 0.3) is 10.9 Å². The van der Waals surface area contributed by atoms with Crippen molar-refractivity contribution in [2.24, 2.45) is 5.73 Å². The van der Waals surface area contributed by atoms with E-state index in [1.165, 1.54) is 6.92 Å². The van der Waals surface area contributed by atoms with Gasteiger partial charge in [0.2, 0.25) is 0 Å². The smallest absolute Gasteiger partial charge is 0.323 e. The van der Waals surface area contributed by atoms with E-state index in [9.17, 15) is 4.79 Å². The topological polar surface area (TPSA) is 76.2 Å². The maximum atomic E-state index is 10.9. The number of nitrogens with two attached hydrogens (primary N) is 1. The number of hydrogen-bond acceptors (Lipinski definition) is 3. The number of benzene rings is 1. The zero-order valence-electron chi connectivity index (χ0n) is 9.55. The number of hydrogen-bond donors (Lipinski definition) is 2. The van der Waals surface area contributed by atoms with Crippen LogP contribution in [-0.2, 0) is 11.2 Å². The summed E-state index contributed by atoms with van der Waals surface area (Å²) in [5, 5.41) is 9.96. The van der Waals surface area contributed by atoms with Crippen LogP contribution in [0.4, 0.5) is 0 Å². The highest BCUT2D eigenvalue weighted by molar-refractivity contribution is 5.80. The Labute approximate surface area is 99.1 Å². The number of aromatic nitrogens is 1. The lowest BCUT2D eigenvalue weighted by atomic mass is 9.94. The van der Waals surface area contributed by atoms with Gasteiger partial charge in [-0.3, -0.25) is 9.78 Å². The number of pyridine rings is 1. The Morgan fingerprint density at radius 1 is 1.47 bits per heavy atom. The van der Waals surface area contributed by atoms with Crippen LogP contribution < -0.4 is 5.73 Å². The van der Waals surface area contributed by atoms with E-state index in [2.05, 4.69) is 4.98 Å². The van der Waals surface area contributed by atoms with Gasteiger partial charge in [-0.25, -0.2) is 0 Å². The van der Waals surface area contributed by atoms with Crippen molar-refractivity contribution in [3.63, 3.8) is 0 Å². The molecule has 4 nitrogen and oxygen atoms in total. The van der Waals surface area contributed by atoms with E-state index in [4.69, 9.17) is 10.8 Å². The second-order valence-corrected chi connectivity index (χ2v) is 4.44. The fourth-order valence-electron chi connectivity index (χ4n) is 1.71. The number of carboxylic acid groups (broad SMARTS) is 1. The SMILES string of the molecule is C[C@@](N)(Cc1cnc2ccccc2c1)C(=O)O. The number of aliphatic carboxylic acids is 1. The van der Waals surface area contributed by atoms with Gasteiger partial charge in [-0.2, -0.15) is 0 Å². The standard InChI is InChI=1S/C13H14N2O2/c1-13(14,12(16)17)7-9-6-10-4-2-3-5-11(10)15-8-9/h2-6,8H,7,14H2,1H3,(H,16,17)/t13-/m1/s1. The van der Waals surface area contributed by atoms with Gasteiger partial charge in [-0.15, -0.1) is 0 Å². The molecule has 0 aliphatic carbocycles. The summed E-state index contributed by atoms with van der Waals surface area (Å²) in [6.07, 6.45) is 1.94. The minimum absolute atomic E-state index is 0.264. The fraction of sp³-hybridized carbons (Fsp3) is 0.231. The van der Waals surface area contributed by atoms with E-state index < -0.39 is 11.5 Å². The Kier molecular flexibility index (Phi) is 2.81. The molecule has 1 atom stereocenters. The van der Waals surface area contributed by atoms with Crippen molar-refractivity contribution >= 4 is 16.9 Å². The predicted molar refractivity (Wildman–Crippen MR) is 65.7 cm³/mol. The molecule has 0 spiro atoms. The van der Waals surface area contributed by atoms with Gasteiger partial charge >= 0.3 is 5.97 Å². The van der Waals surface area contributed by atoms with Crippen molar-refractivity contribution in [2.45, 2.75) is 18.9 Å². The Hall–Kier alpha value is -1.94. The van der Waals surface area contributed by atoms with E-state index in [0.29, 0.717) is 0 Å². The second kappa shape index (κ2) is 4.14. The lowest BCUT2D eigenvalue weighted by Gasteiger charge is -2.18. The Morgan fingerprint density at radius 2 is 2.18 bits per heavy atom. The van der Waals surface area contributed by atoms with Crippen molar-refractivity contribution in [1.29, 1.82) is 0 Å². The second-order valence-electron chi connectivity index (χ2n) is 4.44. The van der Waals surface area contributed by atoms with Gasteiger partial charge in [-0.1, -0.05) is 18.2 Å². The summed E-state index contributed by atoms with van der Waals surface area (Å²) in [5.74, 6) is -1.01. The van der Waals surface area contributed by atoms with Gasteiger partial charge in [0.1, 0.15) is 5.54 Å². The number of carboxylic acids is 1. The molecule has 0 bridgehead atoms. The van der Waals surface area contributed by atoms with Crippen molar-refractivity contribution in [3.05, 3.63) is 42.1 Å². The minimum atomic E-state index is -1.26. The molecule has 2 rings (SSSR count). The molecule has 0 fully saturated rings. The van der Waals surface area contributed by atoms with Gasteiger partial charge < -0.3 is 10.8 Å². The molecule has 4 heteroatoms. The highest BCUT2D eigenvalue weighted by Crippen LogP contribution is 2.16. The van der Waals surface area contributed by atoms with Crippen LogP contribution >= 0.6 is 0 Å². The largest absolute Gasteiger partial charge is 0.480 e. The van der Waals surface area contributed by atoms with Gasteiger partial charge in [0.15, 0.2) is 0 Å². The molecular formula is C13H14N2O2. The van der Waals surface area contributed by atoms with Gasteiger partial charge in [0, 0.05) is 18.0 Å². The average Bonchev–Trinajstić information content (AvgIpc) is 2.28. The van der Waals surface area contributed by atoms with Gasteiger partial charge in [0.25, 0.3) is 0 Å². The Bertz CT molecular complexity index is 564. The molecule has 1 heterocycles. The first-order valence-electron chi connectivity index (χ1n) is 5.35. The number of fused-ring (bicyclic) bond motifs is 1. The van der Waals surface area contributed by atoms with E-state index in [1.807, 2.05) is 30.3 Å². The molecule has 1 aromatic heterocycles. The fourth-order valence-corrected chi connectivity index (χ4v) is 1.71. The third-order valence-corrected chi connectivity index (χ3v) is 2.71. The first-order chi connectivity index (χ1) is 7.99. The van der Waals surface area contributed by atoms with Crippen LogP contribution in [0, 0.1) is 0 Å². The van der Waals surface area contributed by atoms with Crippen LogP contribution in [0.5, 0.6) is 0 Å². The number of rotatable bonds is 3. The van der Waals surface area contributed by atoms with E-state index >= 15 is 0 Å². The van der Waals surface area contributed by atoms with Crippen molar-refractivity contribution in [1.82, 2.24) is 4.98 Å². The lowest BCUT2D eigenvalue weighted by Crippen LogP contribution is -2.46. The summed E-state index contributed by atoms with van der Waals surface area (Å²) in [6.45, 7) is 1.50. The Balaban J connectivity index is 2.34. The summed E-state index contributed by atoms with van der Waals surface area (Å²) >= 11 is 0. The van der Waals surface area contributed by atoms with Crippen LogP contribution in [-0.4, -0.2) is 21.6 Å². The zero-order valence-corrected chi connectivity index (χ0v) is 9.55. The summed E-state index contributed by atoms with van der Waals surface area (Å²) in [5.41, 5.74) is 6.17. The molecule has 17 heavy (non-hydrogen) atoms. The van der Waals surface area contributed by atoms with Crippen LogP contribution in [0.1, 0.15) is 12.5 Å². The monoisotopic (exact) mass is 230 g/mol.